The zero-order chi connectivity index (χ0) is 23.5. The van der Waals surface area contributed by atoms with Crippen LogP contribution >= 0.6 is 23.4 Å². The van der Waals surface area contributed by atoms with Crippen LogP contribution in [0.15, 0.2) is 42.5 Å². The second kappa shape index (κ2) is 9.85. The van der Waals surface area contributed by atoms with Crippen LogP contribution in [0.25, 0.3) is 10.9 Å². The van der Waals surface area contributed by atoms with Crippen molar-refractivity contribution in [1.82, 2.24) is 9.40 Å². The van der Waals surface area contributed by atoms with Crippen LogP contribution in [0, 0.1) is 6.92 Å². The van der Waals surface area contributed by atoms with E-state index in [0.29, 0.717) is 38.5 Å². The number of hydrogen-bond donors (Lipinski definition) is 1. The fourth-order valence-electron chi connectivity index (χ4n) is 3.33. The van der Waals surface area contributed by atoms with Gasteiger partial charge < -0.3 is 9.47 Å². The van der Waals surface area contributed by atoms with Crippen LogP contribution in [0.5, 0.6) is 5.75 Å². The molecule has 0 spiro atoms. The van der Waals surface area contributed by atoms with Gasteiger partial charge in [0.05, 0.1) is 25.6 Å². The molecule has 3 aromatic rings. The van der Waals surface area contributed by atoms with Gasteiger partial charge in [-0.25, -0.2) is 13.6 Å². The van der Waals surface area contributed by atoms with Crippen molar-refractivity contribution in [2.75, 3.05) is 20.3 Å². The van der Waals surface area contributed by atoms with E-state index in [0.717, 1.165) is 0 Å². The Kier molecular flexibility index (Phi) is 7.38. The summed E-state index contributed by atoms with van der Waals surface area (Å²) < 4.78 is 38.7. The maximum absolute atomic E-state index is 13.6. The maximum atomic E-state index is 13.6. The summed E-state index contributed by atoms with van der Waals surface area (Å²) >= 11 is 11.0. The minimum atomic E-state index is -3.31. The van der Waals surface area contributed by atoms with Crippen molar-refractivity contribution in [1.29, 1.82) is 0 Å². The lowest BCUT2D eigenvalue weighted by molar-refractivity contribution is -0.153. The number of hydrogen-bond acceptors (Lipinski definition) is 5. The molecule has 6 nitrogen and oxygen atoms in total. The summed E-state index contributed by atoms with van der Waals surface area (Å²) in [7, 11) is 1.49. The second-order valence-electron chi connectivity index (χ2n) is 7.10. The number of nitrogens with zero attached hydrogens (tertiary/aromatic N) is 1. The summed E-state index contributed by atoms with van der Waals surface area (Å²) in [6.07, 6.45) is -0.305. The molecular weight excluding hydrogens is 465 g/mol. The zero-order valence-corrected chi connectivity index (χ0v) is 18.8. The summed E-state index contributed by atoms with van der Waals surface area (Å²) in [4.78, 5) is 27.4. The normalized spacial score (nSPS) is 11.6. The SMILES string of the molecule is COc1ccc2c(c1)c(CC(=O)OCC(F)(F)CNCl)c(C)n2C(=O)c1ccc(Cl)cc1. The molecule has 0 aliphatic carbocycles. The number of fused-ring (bicyclic) bond motifs is 1. The van der Waals surface area contributed by atoms with Crippen molar-refractivity contribution in [3.8, 4) is 5.75 Å². The molecule has 32 heavy (non-hydrogen) atoms. The Balaban J connectivity index is 1.98. The Morgan fingerprint density at radius 3 is 2.47 bits per heavy atom. The highest BCUT2D eigenvalue weighted by molar-refractivity contribution is 6.30. The maximum Gasteiger partial charge on any atom is 0.310 e. The first-order valence-corrected chi connectivity index (χ1v) is 10.3. The standard InChI is InChI=1S/C22H20Cl2F2N2O4/c1-13-17(10-20(29)32-12-22(25,26)11-27-24)18-9-16(31-2)7-8-19(18)28(13)21(30)14-3-5-15(23)6-4-14/h3-9,27H,10-12H2,1-2H3. The molecule has 10 heteroatoms. The van der Waals surface area contributed by atoms with Crippen LogP contribution in [-0.2, 0) is 16.0 Å². The third-order valence-corrected chi connectivity index (χ3v) is 5.31. The Labute approximate surface area is 193 Å². The fourth-order valence-corrected chi connectivity index (χ4v) is 3.65. The molecule has 170 valence electrons. The number of carbonyl (C=O) groups excluding carboxylic acids is 2. The zero-order valence-electron chi connectivity index (χ0n) is 17.3. The minimum Gasteiger partial charge on any atom is -0.497 e. The van der Waals surface area contributed by atoms with Crippen molar-refractivity contribution in [3.63, 3.8) is 0 Å². The second-order valence-corrected chi connectivity index (χ2v) is 7.80. The van der Waals surface area contributed by atoms with Crippen molar-refractivity contribution >= 4 is 46.2 Å². The lowest BCUT2D eigenvalue weighted by Gasteiger charge is -2.15. The van der Waals surface area contributed by atoms with Gasteiger partial charge in [-0.15, -0.1) is 0 Å². The predicted molar refractivity (Wildman–Crippen MR) is 118 cm³/mol. The van der Waals surface area contributed by atoms with Crippen LogP contribution in [0.3, 0.4) is 0 Å². The monoisotopic (exact) mass is 484 g/mol. The number of ether oxygens (including phenoxy) is 2. The summed E-state index contributed by atoms with van der Waals surface area (Å²) in [6.45, 7) is -0.280. The number of alkyl halides is 2. The molecule has 0 radical (unpaired) electrons. The summed E-state index contributed by atoms with van der Waals surface area (Å²) in [6, 6.07) is 11.5. The van der Waals surface area contributed by atoms with E-state index in [4.69, 9.17) is 32.9 Å². The van der Waals surface area contributed by atoms with E-state index in [-0.39, 0.29) is 12.3 Å². The molecule has 0 saturated heterocycles. The summed E-state index contributed by atoms with van der Waals surface area (Å²) in [5, 5.41) is 1.07. The van der Waals surface area contributed by atoms with E-state index < -0.39 is 25.0 Å². The molecule has 1 aromatic heterocycles. The lowest BCUT2D eigenvalue weighted by atomic mass is 10.1. The number of nitrogens with one attached hydrogen (secondary N) is 1. The predicted octanol–water partition coefficient (Wildman–Crippen LogP) is 4.76. The summed E-state index contributed by atoms with van der Waals surface area (Å²) in [5.74, 6) is -3.98. The number of esters is 1. The van der Waals surface area contributed by atoms with Gasteiger partial charge in [-0.2, -0.15) is 0 Å². The topological polar surface area (TPSA) is 69.6 Å². The molecule has 0 saturated carbocycles. The van der Waals surface area contributed by atoms with E-state index in [9.17, 15) is 18.4 Å². The number of halogens is 4. The lowest BCUT2D eigenvalue weighted by Crippen LogP contribution is -2.34. The minimum absolute atomic E-state index is 0.305. The van der Waals surface area contributed by atoms with Gasteiger partial charge in [-0.3, -0.25) is 14.2 Å². The molecule has 0 aliphatic heterocycles. The Hall–Kier alpha value is -2.68. The molecule has 3 rings (SSSR count). The molecule has 0 fully saturated rings. The fraction of sp³-hybridized carbons (Fsp3) is 0.273. The highest BCUT2D eigenvalue weighted by Gasteiger charge is 2.31. The average molecular weight is 485 g/mol. The largest absolute Gasteiger partial charge is 0.497 e. The van der Waals surface area contributed by atoms with Crippen molar-refractivity contribution < 1.29 is 27.8 Å². The highest BCUT2D eigenvalue weighted by atomic mass is 35.5. The molecular formula is C22H20Cl2F2N2O4. The quantitative estimate of drug-likeness (QED) is 0.368. The molecule has 1 heterocycles. The molecule has 0 bridgehead atoms. The van der Waals surface area contributed by atoms with Crippen molar-refractivity contribution in [2.45, 2.75) is 19.3 Å². The number of methoxy groups -OCH3 is 1. The number of aromatic nitrogens is 1. The van der Waals surface area contributed by atoms with Gasteiger partial charge in [0.25, 0.3) is 11.8 Å². The third-order valence-electron chi connectivity index (χ3n) is 4.93. The van der Waals surface area contributed by atoms with Crippen molar-refractivity contribution in [2.24, 2.45) is 0 Å². The van der Waals surface area contributed by atoms with Gasteiger partial charge in [0, 0.05) is 21.7 Å². The molecule has 2 aromatic carbocycles. The van der Waals surface area contributed by atoms with Gasteiger partial charge in [0.2, 0.25) is 0 Å². The Morgan fingerprint density at radius 1 is 1.16 bits per heavy atom. The smallest absolute Gasteiger partial charge is 0.310 e. The summed E-state index contributed by atoms with van der Waals surface area (Å²) in [5.41, 5.74) is 1.90. The van der Waals surface area contributed by atoms with Crippen LogP contribution in [0.4, 0.5) is 8.78 Å². The Morgan fingerprint density at radius 2 is 1.84 bits per heavy atom. The molecule has 0 amide bonds. The van der Waals surface area contributed by atoms with Crippen LogP contribution in [0.1, 0.15) is 21.6 Å². The molecule has 1 N–H and O–H groups in total. The van der Waals surface area contributed by atoms with Crippen LogP contribution in [0.2, 0.25) is 5.02 Å². The molecule has 0 aliphatic rings. The number of rotatable bonds is 8. The van der Waals surface area contributed by atoms with Gasteiger partial charge in [-0.1, -0.05) is 11.6 Å². The van der Waals surface area contributed by atoms with E-state index in [1.54, 1.807) is 49.4 Å². The number of benzene rings is 2. The van der Waals surface area contributed by atoms with Crippen molar-refractivity contribution in [3.05, 3.63) is 64.3 Å². The van der Waals surface area contributed by atoms with Crippen LogP contribution in [-0.4, -0.2) is 42.6 Å². The van der Waals surface area contributed by atoms with E-state index in [2.05, 4.69) is 0 Å². The third kappa shape index (κ3) is 5.20. The van der Waals surface area contributed by atoms with Gasteiger partial charge in [-0.05, 0) is 66.7 Å². The van der Waals surface area contributed by atoms with E-state index >= 15 is 0 Å². The molecule has 0 unspecified atom stereocenters. The first kappa shape index (κ1) is 24.0. The number of carbonyl (C=O) groups is 2. The van der Waals surface area contributed by atoms with Gasteiger partial charge in [0.1, 0.15) is 5.75 Å². The average Bonchev–Trinajstić information content (AvgIpc) is 3.03. The Bertz CT molecular complexity index is 1150. The molecule has 0 atom stereocenters. The van der Waals surface area contributed by atoms with E-state index in [1.165, 1.54) is 11.7 Å². The highest BCUT2D eigenvalue weighted by Crippen LogP contribution is 2.31. The van der Waals surface area contributed by atoms with Gasteiger partial charge in [0.15, 0.2) is 6.61 Å². The van der Waals surface area contributed by atoms with Gasteiger partial charge >= 0.3 is 5.97 Å². The van der Waals surface area contributed by atoms with E-state index in [1.807, 2.05) is 4.84 Å². The van der Waals surface area contributed by atoms with Crippen LogP contribution < -0.4 is 9.57 Å². The first-order valence-electron chi connectivity index (χ1n) is 9.52. The first-order chi connectivity index (χ1) is 15.2.